The summed E-state index contributed by atoms with van der Waals surface area (Å²) >= 11 is 0. The smallest absolute Gasteiger partial charge is 0.00196 e. The fraction of sp³-hybridized carbons (Fsp3) is 1.00. The summed E-state index contributed by atoms with van der Waals surface area (Å²) in [6.07, 6.45) is 2.73. The third-order valence-electron chi connectivity index (χ3n) is 2.14. The quantitative estimate of drug-likeness (QED) is 0.562. The first-order chi connectivity index (χ1) is 4.93. The summed E-state index contributed by atoms with van der Waals surface area (Å²) < 4.78 is 0. The summed E-state index contributed by atoms with van der Waals surface area (Å²) in [4.78, 5) is 0. The van der Waals surface area contributed by atoms with Crippen LogP contribution in [0, 0.1) is 5.92 Å². The Morgan fingerprint density at radius 1 is 1.60 bits per heavy atom. The van der Waals surface area contributed by atoms with Gasteiger partial charge in [-0.25, -0.2) is 0 Å². The normalized spacial score (nSPS) is 25.5. The van der Waals surface area contributed by atoms with Crippen LogP contribution in [0.25, 0.3) is 0 Å². The van der Waals surface area contributed by atoms with Gasteiger partial charge in [0.25, 0.3) is 0 Å². The van der Waals surface area contributed by atoms with E-state index in [9.17, 15) is 0 Å². The Kier molecular flexibility index (Phi) is 3.76. The van der Waals surface area contributed by atoms with E-state index in [0.29, 0.717) is 0 Å². The zero-order valence-electron chi connectivity index (χ0n) is 6.82. The summed E-state index contributed by atoms with van der Waals surface area (Å²) in [6, 6.07) is 0. The maximum Gasteiger partial charge on any atom is -0.00196 e. The van der Waals surface area contributed by atoms with E-state index in [1.165, 1.54) is 32.5 Å². The van der Waals surface area contributed by atoms with Crippen molar-refractivity contribution in [3.8, 4) is 0 Å². The third kappa shape index (κ3) is 2.67. The number of rotatable bonds is 4. The number of nitrogens with one attached hydrogen (secondary N) is 2. The molecule has 0 bridgehead atoms. The first-order valence-electron chi connectivity index (χ1n) is 4.35. The average molecular weight is 142 g/mol. The van der Waals surface area contributed by atoms with Crippen LogP contribution < -0.4 is 10.6 Å². The Labute approximate surface area is 63.4 Å². The van der Waals surface area contributed by atoms with Gasteiger partial charge in [0.15, 0.2) is 0 Å². The molecule has 0 saturated carbocycles. The van der Waals surface area contributed by atoms with E-state index in [4.69, 9.17) is 0 Å². The van der Waals surface area contributed by atoms with E-state index in [-0.39, 0.29) is 0 Å². The first kappa shape index (κ1) is 8.02. The van der Waals surface area contributed by atoms with E-state index >= 15 is 0 Å². The third-order valence-corrected chi connectivity index (χ3v) is 2.14. The standard InChI is InChI=1S/C8H18N2/c1-2-9-5-3-8-4-6-10-7-8/h8-10H,2-7H2,1H3/t8-/m0/s1. The Balaban J connectivity index is 1.91. The molecule has 1 aliphatic heterocycles. The van der Waals surface area contributed by atoms with E-state index in [1.54, 1.807) is 0 Å². The highest BCUT2D eigenvalue weighted by Crippen LogP contribution is 2.10. The van der Waals surface area contributed by atoms with Crippen molar-refractivity contribution in [2.24, 2.45) is 5.92 Å². The van der Waals surface area contributed by atoms with Crippen LogP contribution in [-0.4, -0.2) is 26.2 Å². The minimum Gasteiger partial charge on any atom is -0.317 e. The van der Waals surface area contributed by atoms with Crippen molar-refractivity contribution in [1.29, 1.82) is 0 Å². The molecule has 0 aliphatic carbocycles. The second-order valence-electron chi connectivity index (χ2n) is 3.00. The Bertz CT molecular complexity index is 77.3. The molecule has 0 unspecified atom stereocenters. The highest BCUT2D eigenvalue weighted by molar-refractivity contribution is 4.71. The topological polar surface area (TPSA) is 24.1 Å². The molecule has 1 atom stereocenters. The molecule has 0 amide bonds. The first-order valence-corrected chi connectivity index (χ1v) is 4.35. The molecule has 2 N–H and O–H groups in total. The molecule has 0 aromatic rings. The summed E-state index contributed by atoms with van der Waals surface area (Å²) in [5.74, 6) is 0.944. The predicted molar refractivity (Wildman–Crippen MR) is 44.1 cm³/mol. The van der Waals surface area contributed by atoms with Crippen molar-refractivity contribution in [3.05, 3.63) is 0 Å². The number of hydrogen-bond donors (Lipinski definition) is 2. The van der Waals surface area contributed by atoms with Crippen LogP contribution in [0.2, 0.25) is 0 Å². The molecule has 60 valence electrons. The molecule has 2 heteroatoms. The van der Waals surface area contributed by atoms with E-state index in [0.717, 1.165) is 12.5 Å². The Morgan fingerprint density at radius 2 is 2.50 bits per heavy atom. The van der Waals surface area contributed by atoms with Crippen molar-refractivity contribution in [2.45, 2.75) is 19.8 Å². The van der Waals surface area contributed by atoms with Crippen molar-refractivity contribution in [2.75, 3.05) is 26.2 Å². The molecular formula is C8H18N2. The lowest BCUT2D eigenvalue weighted by Crippen LogP contribution is -2.18. The van der Waals surface area contributed by atoms with Gasteiger partial charge >= 0.3 is 0 Å². The van der Waals surface area contributed by atoms with Gasteiger partial charge in [0, 0.05) is 0 Å². The molecule has 0 spiro atoms. The molecule has 1 fully saturated rings. The molecule has 1 saturated heterocycles. The zero-order valence-corrected chi connectivity index (χ0v) is 6.82. The molecule has 2 nitrogen and oxygen atoms in total. The summed E-state index contributed by atoms with van der Waals surface area (Å²) in [5.41, 5.74) is 0. The fourth-order valence-corrected chi connectivity index (χ4v) is 1.44. The summed E-state index contributed by atoms with van der Waals surface area (Å²) in [7, 11) is 0. The van der Waals surface area contributed by atoms with E-state index in [1.807, 2.05) is 0 Å². The maximum absolute atomic E-state index is 3.37. The lowest BCUT2D eigenvalue weighted by Gasteiger charge is -2.06. The molecular weight excluding hydrogens is 124 g/mol. The lowest BCUT2D eigenvalue weighted by atomic mass is 10.1. The SMILES string of the molecule is CCNCC[C@H]1CCNC1. The van der Waals surface area contributed by atoms with Crippen molar-refractivity contribution < 1.29 is 0 Å². The molecule has 1 aliphatic rings. The second-order valence-corrected chi connectivity index (χ2v) is 3.00. The van der Waals surface area contributed by atoms with Crippen molar-refractivity contribution >= 4 is 0 Å². The van der Waals surface area contributed by atoms with Gasteiger partial charge in [-0.2, -0.15) is 0 Å². The van der Waals surface area contributed by atoms with E-state index < -0.39 is 0 Å². The van der Waals surface area contributed by atoms with Crippen LogP contribution in [0.15, 0.2) is 0 Å². The van der Waals surface area contributed by atoms with E-state index in [2.05, 4.69) is 17.6 Å². The average Bonchev–Trinajstić information content (AvgIpc) is 2.41. The van der Waals surface area contributed by atoms with Crippen molar-refractivity contribution in [3.63, 3.8) is 0 Å². The highest BCUT2D eigenvalue weighted by Gasteiger charge is 2.12. The fourth-order valence-electron chi connectivity index (χ4n) is 1.44. The van der Waals surface area contributed by atoms with Crippen LogP contribution in [0.4, 0.5) is 0 Å². The molecule has 1 heterocycles. The van der Waals surface area contributed by atoms with Gasteiger partial charge in [-0.3, -0.25) is 0 Å². The monoisotopic (exact) mass is 142 g/mol. The van der Waals surface area contributed by atoms with Crippen LogP contribution in [-0.2, 0) is 0 Å². The van der Waals surface area contributed by atoms with Crippen LogP contribution in [0.1, 0.15) is 19.8 Å². The maximum atomic E-state index is 3.37. The largest absolute Gasteiger partial charge is 0.317 e. The van der Waals surface area contributed by atoms with Crippen LogP contribution in [0.3, 0.4) is 0 Å². The lowest BCUT2D eigenvalue weighted by molar-refractivity contribution is 0.506. The van der Waals surface area contributed by atoms with Crippen LogP contribution in [0.5, 0.6) is 0 Å². The predicted octanol–water partition coefficient (Wildman–Crippen LogP) is 0.595. The Hall–Kier alpha value is -0.0800. The van der Waals surface area contributed by atoms with Gasteiger partial charge in [0.2, 0.25) is 0 Å². The van der Waals surface area contributed by atoms with Crippen molar-refractivity contribution in [1.82, 2.24) is 10.6 Å². The van der Waals surface area contributed by atoms with Crippen LogP contribution >= 0.6 is 0 Å². The molecule has 1 rings (SSSR count). The van der Waals surface area contributed by atoms with Gasteiger partial charge in [-0.05, 0) is 44.9 Å². The second kappa shape index (κ2) is 4.69. The number of hydrogen-bond acceptors (Lipinski definition) is 2. The minimum absolute atomic E-state index is 0.944. The molecule has 10 heavy (non-hydrogen) atoms. The summed E-state index contributed by atoms with van der Waals surface area (Å²) in [5, 5.41) is 6.72. The zero-order chi connectivity index (χ0) is 7.23. The Morgan fingerprint density at radius 3 is 3.10 bits per heavy atom. The minimum atomic E-state index is 0.944. The van der Waals surface area contributed by atoms with Gasteiger partial charge in [0.05, 0.1) is 0 Å². The van der Waals surface area contributed by atoms with Gasteiger partial charge < -0.3 is 10.6 Å². The molecule has 0 aromatic heterocycles. The highest BCUT2D eigenvalue weighted by atomic mass is 14.9. The molecule has 0 aromatic carbocycles. The summed E-state index contributed by atoms with van der Waals surface area (Å²) in [6.45, 7) is 6.94. The van der Waals surface area contributed by atoms with Gasteiger partial charge in [-0.15, -0.1) is 0 Å². The van der Waals surface area contributed by atoms with Gasteiger partial charge in [-0.1, -0.05) is 6.92 Å². The molecule has 0 radical (unpaired) electrons. The van der Waals surface area contributed by atoms with Gasteiger partial charge in [0.1, 0.15) is 0 Å².